The molecule has 2 amide bonds. The Morgan fingerprint density at radius 2 is 2.39 bits per heavy atom. The highest BCUT2D eigenvalue weighted by atomic mass is 32.1. The molecule has 18 heavy (non-hydrogen) atoms. The Kier molecular flexibility index (Phi) is 4.16. The first-order chi connectivity index (χ1) is 8.66. The number of hydrogen-bond acceptors (Lipinski definition) is 4. The molecule has 1 saturated heterocycles. The van der Waals surface area contributed by atoms with Crippen molar-refractivity contribution in [1.29, 1.82) is 0 Å². The van der Waals surface area contributed by atoms with Gasteiger partial charge >= 0.3 is 12.0 Å². The summed E-state index contributed by atoms with van der Waals surface area (Å²) < 4.78 is 5.37. The van der Waals surface area contributed by atoms with E-state index in [0.29, 0.717) is 11.5 Å². The third-order valence-corrected chi connectivity index (χ3v) is 3.47. The second-order valence-electron chi connectivity index (χ2n) is 3.94. The second-order valence-corrected chi connectivity index (χ2v) is 4.85. The molecule has 1 aromatic rings. The lowest BCUT2D eigenvalue weighted by Gasteiger charge is -2.11. The quantitative estimate of drug-likeness (QED) is 0.777. The molecule has 0 bridgehead atoms. The lowest BCUT2D eigenvalue weighted by molar-refractivity contribution is 0.0698. The minimum Gasteiger partial charge on any atom is -0.478 e. The minimum absolute atomic E-state index is 0.0676. The number of rotatable bonds is 4. The van der Waals surface area contributed by atoms with Gasteiger partial charge in [-0.15, -0.1) is 11.3 Å². The Morgan fingerprint density at radius 3 is 3.06 bits per heavy atom. The molecule has 98 valence electrons. The van der Waals surface area contributed by atoms with Crippen molar-refractivity contribution in [3.05, 3.63) is 17.0 Å². The summed E-state index contributed by atoms with van der Waals surface area (Å²) in [6.07, 6.45) is 2.03. The van der Waals surface area contributed by atoms with Crippen LogP contribution in [0.25, 0.3) is 0 Å². The maximum Gasteiger partial charge on any atom is 0.338 e. The van der Waals surface area contributed by atoms with Crippen LogP contribution >= 0.6 is 11.3 Å². The molecule has 0 saturated carbocycles. The fraction of sp³-hybridized carbons (Fsp3) is 0.455. The summed E-state index contributed by atoms with van der Waals surface area (Å²) in [4.78, 5) is 22.4. The first kappa shape index (κ1) is 12.8. The molecule has 0 aliphatic carbocycles. The number of hydrogen-bond donors (Lipinski definition) is 3. The van der Waals surface area contributed by atoms with Crippen molar-refractivity contribution < 1.29 is 19.4 Å². The summed E-state index contributed by atoms with van der Waals surface area (Å²) in [5.74, 6) is -1.05. The van der Waals surface area contributed by atoms with E-state index in [-0.39, 0.29) is 11.7 Å². The Labute approximate surface area is 108 Å². The smallest absolute Gasteiger partial charge is 0.338 e. The van der Waals surface area contributed by atoms with Crippen LogP contribution < -0.4 is 10.6 Å². The number of carboxylic acid groups (broad SMARTS) is 1. The molecule has 1 aliphatic rings. The number of ether oxygens (including phenoxy) is 1. The van der Waals surface area contributed by atoms with Gasteiger partial charge in [0.05, 0.1) is 11.7 Å². The maximum absolute atomic E-state index is 11.6. The second kappa shape index (κ2) is 5.83. The van der Waals surface area contributed by atoms with Gasteiger partial charge in [-0.2, -0.15) is 0 Å². The van der Waals surface area contributed by atoms with Crippen LogP contribution in [-0.4, -0.2) is 36.4 Å². The number of carboxylic acids is 1. The van der Waals surface area contributed by atoms with Gasteiger partial charge in [-0.25, -0.2) is 9.59 Å². The number of nitrogens with one attached hydrogen (secondary N) is 2. The van der Waals surface area contributed by atoms with Gasteiger partial charge in [-0.1, -0.05) is 0 Å². The maximum atomic E-state index is 11.6. The zero-order valence-electron chi connectivity index (χ0n) is 9.64. The molecule has 0 radical (unpaired) electrons. The number of carbonyl (C=O) groups excluding carboxylic acids is 1. The predicted octanol–water partition coefficient (Wildman–Crippen LogP) is 1.75. The summed E-state index contributed by atoms with van der Waals surface area (Å²) in [6.45, 7) is 1.18. The van der Waals surface area contributed by atoms with Crippen LogP contribution in [0.1, 0.15) is 23.2 Å². The highest BCUT2D eigenvalue weighted by molar-refractivity contribution is 7.14. The van der Waals surface area contributed by atoms with Gasteiger partial charge in [0.1, 0.15) is 5.00 Å². The monoisotopic (exact) mass is 270 g/mol. The molecule has 7 heteroatoms. The van der Waals surface area contributed by atoms with E-state index in [2.05, 4.69) is 10.6 Å². The molecule has 2 heterocycles. The van der Waals surface area contributed by atoms with Gasteiger partial charge in [0.25, 0.3) is 0 Å². The molecular weight excluding hydrogens is 256 g/mol. The molecule has 1 aromatic heterocycles. The van der Waals surface area contributed by atoms with Crippen molar-refractivity contribution in [1.82, 2.24) is 5.32 Å². The van der Waals surface area contributed by atoms with E-state index in [1.807, 2.05) is 0 Å². The molecule has 0 aromatic carbocycles. The molecule has 6 nitrogen and oxygen atoms in total. The number of thiophene rings is 1. The predicted molar refractivity (Wildman–Crippen MR) is 67.3 cm³/mol. The van der Waals surface area contributed by atoms with E-state index in [1.165, 1.54) is 17.4 Å². The van der Waals surface area contributed by atoms with Gasteiger partial charge in [-0.05, 0) is 24.3 Å². The molecular formula is C11H14N2O4S. The van der Waals surface area contributed by atoms with Crippen molar-refractivity contribution in [2.24, 2.45) is 0 Å². The minimum atomic E-state index is -1.05. The van der Waals surface area contributed by atoms with Crippen molar-refractivity contribution in [3.8, 4) is 0 Å². The summed E-state index contributed by atoms with van der Waals surface area (Å²) in [5, 5.41) is 16.0. The number of aromatic carboxylic acids is 1. The van der Waals surface area contributed by atoms with E-state index in [4.69, 9.17) is 9.84 Å². The number of amides is 2. The lowest BCUT2D eigenvalue weighted by atomic mass is 10.2. The van der Waals surface area contributed by atoms with Crippen LogP contribution in [0.15, 0.2) is 11.4 Å². The fourth-order valence-corrected chi connectivity index (χ4v) is 2.51. The standard InChI is InChI=1S/C11H14N2O4S/c14-10(15)8-3-5-18-9(8)13-11(16)12-6-7-2-1-4-17-7/h3,5,7H,1-2,4,6H2,(H,14,15)(H2,12,13,16). The average Bonchev–Trinajstić information content (AvgIpc) is 2.96. The van der Waals surface area contributed by atoms with Crippen molar-refractivity contribution in [2.75, 3.05) is 18.5 Å². The Morgan fingerprint density at radius 1 is 1.56 bits per heavy atom. The Bertz CT molecular complexity index is 440. The van der Waals surface area contributed by atoms with E-state index < -0.39 is 12.0 Å². The summed E-state index contributed by atoms with van der Waals surface area (Å²) in [5.41, 5.74) is 0.104. The summed E-state index contributed by atoms with van der Waals surface area (Å²) in [6, 6.07) is 1.05. The molecule has 1 aliphatic heterocycles. The lowest BCUT2D eigenvalue weighted by Crippen LogP contribution is -2.35. The summed E-state index contributed by atoms with van der Waals surface area (Å²) >= 11 is 1.18. The van der Waals surface area contributed by atoms with Crippen LogP contribution in [0.3, 0.4) is 0 Å². The third kappa shape index (κ3) is 3.21. The Balaban J connectivity index is 1.82. The molecule has 1 fully saturated rings. The Hall–Kier alpha value is -1.60. The number of carbonyl (C=O) groups is 2. The van der Waals surface area contributed by atoms with E-state index in [1.54, 1.807) is 5.38 Å². The molecule has 2 rings (SSSR count). The van der Waals surface area contributed by atoms with Crippen molar-refractivity contribution in [2.45, 2.75) is 18.9 Å². The largest absolute Gasteiger partial charge is 0.478 e. The first-order valence-corrected chi connectivity index (χ1v) is 6.52. The highest BCUT2D eigenvalue weighted by Crippen LogP contribution is 2.22. The average molecular weight is 270 g/mol. The molecule has 1 atom stereocenters. The topological polar surface area (TPSA) is 87.7 Å². The van der Waals surface area contributed by atoms with Gasteiger partial charge in [0.2, 0.25) is 0 Å². The van der Waals surface area contributed by atoms with Crippen LogP contribution in [-0.2, 0) is 4.74 Å². The van der Waals surface area contributed by atoms with Crippen molar-refractivity contribution >= 4 is 28.3 Å². The zero-order valence-corrected chi connectivity index (χ0v) is 10.5. The normalized spacial score (nSPS) is 18.6. The van der Waals surface area contributed by atoms with Gasteiger partial charge < -0.3 is 15.2 Å². The third-order valence-electron chi connectivity index (χ3n) is 2.64. The highest BCUT2D eigenvalue weighted by Gasteiger charge is 2.17. The zero-order chi connectivity index (χ0) is 13.0. The van der Waals surface area contributed by atoms with Gasteiger partial charge in [-0.3, -0.25) is 5.32 Å². The first-order valence-electron chi connectivity index (χ1n) is 5.64. The SMILES string of the molecule is O=C(NCC1CCCO1)Nc1sccc1C(=O)O. The van der Waals surface area contributed by atoms with Gasteiger partial charge in [0, 0.05) is 13.2 Å². The fourth-order valence-electron chi connectivity index (χ4n) is 1.73. The molecule has 0 spiro atoms. The van der Waals surface area contributed by atoms with E-state index in [0.717, 1.165) is 19.4 Å². The van der Waals surface area contributed by atoms with Gasteiger partial charge in [0.15, 0.2) is 0 Å². The van der Waals surface area contributed by atoms with Crippen molar-refractivity contribution in [3.63, 3.8) is 0 Å². The number of urea groups is 1. The van der Waals surface area contributed by atoms with Crippen LogP contribution in [0.2, 0.25) is 0 Å². The van der Waals surface area contributed by atoms with E-state index >= 15 is 0 Å². The van der Waals surface area contributed by atoms with Crippen LogP contribution in [0.5, 0.6) is 0 Å². The summed E-state index contributed by atoms with van der Waals surface area (Å²) in [7, 11) is 0. The number of anilines is 1. The molecule has 3 N–H and O–H groups in total. The van der Waals surface area contributed by atoms with Crippen LogP contribution in [0.4, 0.5) is 9.80 Å². The molecule has 1 unspecified atom stereocenters. The van der Waals surface area contributed by atoms with Crippen LogP contribution in [0, 0.1) is 0 Å². The van der Waals surface area contributed by atoms with E-state index in [9.17, 15) is 9.59 Å².